The quantitative estimate of drug-likeness (QED) is 0.785. The van der Waals surface area contributed by atoms with Crippen LogP contribution in [0.2, 0.25) is 0 Å². The Labute approximate surface area is 167 Å². The Morgan fingerprint density at radius 3 is 2.41 bits per heavy atom. The van der Waals surface area contributed by atoms with Crippen molar-refractivity contribution in [2.45, 2.75) is 101 Å². The molecule has 1 aromatic heterocycles. The van der Waals surface area contributed by atoms with Gasteiger partial charge in [-0.05, 0) is 57.3 Å². The highest BCUT2D eigenvalue weighted by Crippen LogP contribution is 2.37. The number of hydrogen-bond acceptors (Lipinski definition) is 5. The van der Waals surface area contributed by atoms with Gasteiger partial charge in [0.15, 0.2) is 5.82 Å². The minimum atomic E-state index is -0.382. The van der Waals surface area contributed by atoms with Crippen LogP contribution in [0, 0.1) is 5.92 Å². The molecule has 3 saturated carbocycles. The third-order valence-corrected chi connectivity index (χ3v) is 6.77. The molecule has 3 aliphatic carbocycles. The highest BCUT2D eigenvalue weighted by Gasteiger charge is 2.37. The number of nitrogens with two attached hydrogens (primary N) is 1. The molecule has 0 atom stereocenters. The zero-order chi connectivity index (χ0) is 18.0. The van der Waals surface area contributed by atoms with Gasteiger partial charge in [-0.3, -0.25) is 4.79 Å². The van der Waals surface area contributed by atoms with Gasteiger partial charge in [-0.15, -0.1) is 12.4 Å². The monoisotopic (exact) mass is 396 g/mol. The molecular formula is C20H33ClN4O2. The van der Waals surface area contributed by atoms with E-state index >= 15 is 0 Å². The van der Waals surface area contributed by atoms with Gasteiger partial charge >= 0.3 is 0 Å². The van der Waals surface area contributed by atoms with Crippen LogP contribution < -0.4 is 11.1 Å². The van der Waals surface area contributed by atoms with Crippen LogP contribution in [0.25, 0.3) is 0 Å². The van der Waals surface area contributed by atoms with Crippen molar-refractivity contribution in [1.29, 1.82) is 0 Å². The Kier molecular flexibility index (Phi) is 6.79. The minimum absolute atomic E-state index is 0. The van der Waals surface area contributed by atoms with Crippen molar-refractivity contribution in [3.05, 3.63) is 11.7 Å². The molecular weight excluding hydrogens is 364 g/mol. The van der Waals surface area contributed by atoms with Gasteiger partial charge in [-0.2, -0.15) is 4.98 Å². The maximum Gasteiger partial charge on any atom is 0.229 e. The first-order chi connectivity index (χ1) is 12.6. The van der Waals surface area contributed by atoms with Gasteiger partial charge in [0.05, 0.1) is 5.54 Å². The molecule has 0 aliphatic heterocycles. The Morgan fingerprint density at radius 2 is 1.74 bits per heavy atom. The lowest BCUT2D eigenvalue weighted by molar-refractivity contribution is -0.122. The van der Waals surface area contributed by atoms with E-state index in [2.05, 4.69) is 15.5 Å². The highest BCUT2D eigenvalue weighted by molar-refractivity contribution is 5.85. The summed E-state index contributed by atoms with van der Waals surface area (Å²) >= 11 is 0. The van der Waals surface area contributed by atoms with Gasteiger partial charge in [0.1, 0.15) is 0 Å². The summed E-state index contributed by atoms with van der Waals surface area (Å²) < 4.78 is 5.56. The average molecular weight is 397 g/mol. The fraction of sp³-hybridized carbons (Fsp3) is 0.850. The summed E-state index contributed by atoms with van der Waals surface area (Å²) in [6.07, 6.45) is 13.9. The Hall–Kier alpha value is -1.14. The lowest BCUT2D eigenvalue weighted by Crippen LogP contribution is -2.38. The predicted molar refractivity (Wildman–Crippen MR) is 106 cm³/mol. The number of nitrogens with one attached hydrogen (secondary N) is 1. The van der Waals surface area contributed by atoms with E-state index in [1.54, 1.807) is 0 Å². The van der Waals surface area contributed by atoms with Crippen molar-refractivity contribution in [3.63, 3.8) is 0 Å². The molecule has 3 N–H and O–H groups in total. The van der Waals surface area contributed by atoms with Crippen LogP contribution in [-0.2, 0) is 10.3 Å². The smallest absolute Gasteiger partial charge is 0.229 e. The maximum atomic E-state index is 12.2. The maximum absolute atomic E-state index is 12.2. The fourth-order valence-corrected chi connectivity index (χ4v) is 5.08. The van der Waals surface area contributed by atoms with Crippen LogP contribution >= 0.6 is 12.4 Å². The molecule has 7 heteroatoms. The second kappa shape index (κ2) is 8.91. The molecule has 0 unspecified atom stereocenters. The second-order valence-electron chi connectivity index (χ2n) is 8.79. The summed E-state index contributed by atoms with van der Waals surface area (Å²) in [5.74, 6) is 2.60. The number of carbonyl (C=O) groups excluding carboxylic acids is 1. The summed E-state index contributed by atoms with van der Waals surface area (Å²) in [6.45, 7) is 0. The van der Waals surface area contributed by atoms with Gasteiger partial charge in [0.2, 0.25) is 11.8 Å². The molecule has 3 fully saturated rings. The van der Waals surface area contributed by atoms with Gasteiger partial charge in [0.25, 0.3) is 0 Å². The minimum Gasteiger partial charge on any atom is -0.353 e. The summed E-state index contributed by atoms with van der Waals surface area (Å²) in [5, 5.41) is 7.44. The number of nitrogens with zero attached hydrogens (tertiary/aromatic N) is 2. The van der Waals surface area contributed by atoms with Gasteiger partial charge in [-0.1, -0.05) is 30.8 Å². The first-order valence-electron chi connectivity index (χ1n) is 10.5. The molecule has 27 heavy (non-hydrogen) atoms. The first kappa shape index (κ1) is 20.6. The average Bonchev–Trinajstić information content (AvgIpc) is 3.37. The van der Waals surface area contributed by atoms with E-state index in [4.69, 9.17) is 10.3 Å². The molecule has 3 aliphatic rings. The zero-order valence-electron chi connectivity index (χ0n) is 16.1. The molecule has 0 aromatic carbocycles. The normalized spacial score (nSPS) is 28.0. The summed E-state index contributed by atoms with van der Waals surface area (Å²) in [6, 6.07) is 0.304. The molecule has 0 radical (unpaired) electrons. The topological polar surface area (TPSA) is 94.0 Å². The molecule has 4 rings (SSSR count). The van der Waals surface area contributed by atoms with Crippen LogP contribution in [0.5, 0.6) is 0 Å². The van der Waals surface area contributed by atoms with Crippen molar-refractivity contribution in [2.75, 3.05) is 0 Å². The zero-order valence-corrected chi connectivity index (χ0v) is 16.9. The Bertz CT molecular complexity index is 615. The number of halogens is 1. The Morgan fingerprint density at radius 1 is 1.07 bits per heavy atom. The number of hydrogen-bond donors (Lipinski definition) is 2. The lowest BCUT2D eigenvalue weighted by Gasteiger charge is -2.27. The van der Waals surface area contributed by atoms with E-state index in [-0.39, 0.29) is 23.9 Å². The third-order valence-electron chi connectivity index (χ3n) is 6.77. The number of amides is 1. The molecule has 152 valence electrons. The van der Waals surface area contributed by atoms with E-state index in [0.717, 1.165) is 57.3 Å². The van der Waals surface area contributed by atoms with Crippen LogP contribution in [0.4, 0.5) is 0 Å². The second-order valence-corrected chi connectivity index (χ2v) is 8.79. The van der Waals surface area contributed by atoms with Crippen LogP contribution in [0.15, 0.2) is 4.52 Å². The van der Waals surface area contributed by atoms with E-state index in [1.807, 2.05) is 0 Å². The molecule has 1 heterocycles. The van der Waals surface area contributed by atoms with E-state index in [1.165, 1.54) is 25.7 Å². The van der Waals surface area contributed by atoms with Crippen LogP contribution in [-0.4, -0.2) is 22.1 Å². The summed E-state index contributed by atoms with van der Waals surface area (Å²) in [4.78, 5) is 16.9. The number of rotatable bonds is 5. The number of carbonyl (C=O) groups is 1. The largest absolute Gasteiger partial charge is 0.353 e. The van der Waals surface area contributed by atoms with Crippen molar-refractivity contribution >= 4 is 18.3 Å². The van der Waals surface area contributed by atoms with Crippen molar-refractivity contribution in [1.82, 2.24) is 15.5 Å². The van der Waals surface area contributed by atoms with Gasteiger partial charge in [0, 0.05) is 18.4 Å². The molecule has 6 nitrogen and oxygen atoms in total. The van der Waals surface area contributed by atoms with Crippen LogP contribution in [0.1, 0.15) is 101 Å². The molecule has 0 saturated heterocycles. The first-order valence-corrected chi connectivity index (χ1v) is 10.5. The fourth-order valence-electron chi connectivity index (χ4n) is 5.08. The van der Waals surface area contributed by atoms with Gasteiger partial charge < -0.3 is 15.6 Å². The molecule has 0 spiro atoms. The SMILES string of the molecule is Cl.NC1(c2noc(C3CCC(NC(=O)CC4CCCC4)CC3)n2)CCCC1. The predicted octanol–water partition coefficient (Wildman–Crippen LogP) is 3.94. The number of aromatic nitrogens is 2. The highest BCUT2D eigenvalue weighted by atomic mass is 35.5. The molecule has 1 amide bonds. The molecule has 1 aromatic rings. The van der Waals surface area contributed by atoms with E-state index < -0.39 is 0 Å². The summed E-state index contributed by atoms with van der Waals surface area (Å²) in [7, 11) is 0. The van der Waals surface area contributed by atoms with E-state index in [0.29, 0.717) is 30.1 Å². The lowest BCUT2D eigenvalue weighted by atomic mass is 9.85. The van der Waals surface area contributed by atoms with Crippen molar-refractivity contribution in [3.8, 4) is 0 Å². The van der Waals surface area contributed by atoms with Crippen molar-refractivity contribution in [2.24, 2.45) is 11.7 Å². The van der Waals surface area contributed by atoms with E-state index in [9.17, 15) is 4.79 Å². The van der Waals surface area contributed by atoms with Gasteiger partial charge in [-0.25, -0.2) is 0 Å². The molecule has 0 bridgehead atoms. The summed E-state index contributed by atoms with van der Waals surface area (Å²) in [5.41, 5.74) is 6.05. The Balaban J connectivity index is 0.00000210. The standard InChI is InChI=1S/C20H32N4O2.ClH/c21-20(11-3-4-12-20)19-23-18(26-24-19)15-7-9-16(10-8-15)22-17(25)13-14-5-1-2-6-14;/h14-16H,1-13,21H2,(H,22,25);1H. The van der Waals surface area contributed by atoms with Crippen LogP contribution in [0.3, 0.4) is 0 Å². The third kappa shape index (κ3) is 4.83. The van der Waals surface area contributed by atoms with Crippen molar-refractivity contribution < 1.29 is 9.32 Å².